The Balaban J connectivity index is 1.93. The lowest BCUT2D eigenvalue weighted by molar-refractivity contribution is 0.0549. The van der Waals surface area contributed by atoms with E-state index in [1.807, 2.05) is 0 Å². The summed E-state index contributed by atoms with van der Waals surface area (Å²) < 4.78 is 0. The van der Waals surface area contributed by atoms with Crippen molar-refractivity contribution < 1.29 is 5.11 Å². The molecule has 2 N–H and O–H groups in total. The Bertz CT molecular complexity index is 138. The molecular weight excluding hydrogens is 138 g/mol. The van der Waals surface area contributed by atoms with Gasteiger partial charge in [-0.3, -0.25) is 0 Å². The third kappa shape index (κ3) is 1.57. The van der Waals surface area contributed by atoms with Gasteiger partial charge in [-0.15, -0.1) is 0 Å². The minimum Gasteiger partial charge on any atom is -0.393 e. The van der Waals surface area contributed by atoms with Gasteiger partial charge in [-0.2, -0.15) is 0 Å². The monoisotopic (exact) mass is 155 g/mol. The van der Waals surface area contributed by atoms with Crippen LogP contribution in [0.25, 0.3) is 0 Å². The maximum Gasteiger partial charge on any atom is 0.0543 e. The molecule has 2 aliphatic rings. The summed E-state index contributed by atoms with van der Waals surface area (Å²) in [5, 5.41) is 12.8. The molecule has 0 radical (unpaired) electrons. The fraction of sp³-hybridized carbons (Fsp3) is 1.00. The van der Waals surface area contributed by atoms with Crippen molar-refractivity contribution in [2.24, 2.45) is 11.8 Å². The van der Waals surface area contributed by atoms with Crippen molar-refractivity contribution in [3.63, 3.8) is 0 Å². The van der Waals surface area contributed by atoms with Gasteiger partial charge in [0.25, 0.3) is 0 Å². The molecule has 1 aliphatic heterocycles. The van der Waals surface area contributed by atoms with Crippen LogP contribution in [0.5, 0.6) is 0 Å². The van der Waals surface area contributed by atoms with E-state index in [4.69, 9.17) is 0 Å². The average molecular weight is 155 g/mol. The van der Waals surface area contributed by atoms with E-state index in [1.165, 1.54) is 19.4 Å². The first-order valence-electron chi connectivity index (χ1n) is 4.75. The predicted octanol–water partition coefficient (Wildman–Crippen LogP) is 0.757. The van der Waals surface area contributed by atoms with Gasteiger partial charge in [0.05, 0.1) is 6.10 Å². The highest BCUT2D eigenvalue weighted by molar-refractivity contribution is 4.84. The highest BCUT2D eigenvalue weighted by atomic mass is 16.3. The predicted molar refractivity (Wildman–Crippen MR) is 44.3 cm³/mol. The van der Waals surface area contributed by atoms with Gasteiger partial charge in [-0.1, -0.05) is 0 Å². The number of aliphatic hydroxyl groups excluding tert-OH is 1. The summed E-state index contributed by atoms with van der Waals surface area (Å²) in [6.07, 6.45) is 4.62. The molecule has 2 rings (SSSR count). The number of fused-ring (bicyclic) bond motifs is 1. The standard InChI is InChI=1S/C9H17NO/c11-9-2-1-8-6-10-4-3-7(8)5-9/h7-11H,1-6H2/t7-,8+,9-/m1/s1. The SMILES string of the molecule is O[C@@H]1CC[C@H]2CNCC[C@@H]2C1. The largest absolute Gasteiger partial charge is 0.393 e. The lowest BCUT2D eigenvalue weighted by atomic mass is 9.74. The van der Waals surface area contributed by atoms with E-state index in [-0.39, 0.29) is 6.10 Å². The maximum absolute atomic E-state index is 9.43. The minimum absolute atomic E-state index is 0.00866. The Hall–Kier alpha value is -0.0800. The van der Waals surface area contributed by atoms with E-state index in [9.17, 15) is 5.11 Å². The summed E-state index contributed by atoms with van der Waals surface area (Å²) >= 11 is 0. The lowest BCUT2D eigenvalue weighted by Gasteiger charge is -2.37. The zero-order chi connectivity index (χ0) is 7.68. The van der Waals surface area contributed by atoms with Crippen LogP contribution in [0, 0.1) is 11.8 Å². The van der Waals surface area contributed by atoms with Crippen molar-refractivity contribution in [3.05, 3.63) is 0 Å². The van der Waals surface area contributed by atoms with E-state index >= 15 is 0 Å². The van der Waals surface area contributed by atoms with Gasteiger partial charge in [0.1, 0.15) is 0 Å². The second-order valence-corrected chi connectivity index (χ2v) is 3.98. The number of rotatable bonds is 0. The highest BCUT2D eigenvalue weighted by Gasteiger charge is 2.30. The molecule has 1 saturated carbocycles. The first kappa shape index (κ1) is 7.56. The van der Waals surface area contributed by atoms with E-state index in [1.54, 1.807) is 0 Å². The van der Waals surface area contributed by atoms with E-state index < -0.39 is 0 Å². The lowest BCUT2D eigenvalue weighted by Crippen LogP contribution is -2.41. The van der Waals surface area contributed by atoms with Gasteiger partial charge >= 0.3 is 0 Å². The summed E-state index contributed by atoms with van der Waals surface area (Å²) in [6.45, 7) is 2.35. The zero-order valence-electron chi connectivity index (χ0n) is 6.92. The Kier molecular flexibility index (Phi) is 2.14. The van der Waals surface area contributed by atoms with Crippen LogP contribution in [0.4, 0.5) is 0 Å². The molecule has 0 unspecified atom stereocenters. The molecule has 1 saturated heterocycles. The van der Waals surface area contributed by atoms with Gasteiger partial charge in [0.2, 0.25) is 0 Å². The summed E-state index contributed by atoms with van der Waals surface area (Å²) in [4.78, 5) is 0. The van der Waals surface area contributed by atoms with Crippen molar-refractivity contribution in [1.29, 1.82) is 0 Å². The van der Waals surface area contributed by atoms with Crippen molar-refractivity contribution in [2.45, 2.75) is 31.8 Å². The molecule has 1 aliphatic carbocycles. The molecule has 64 valence electrons. The fourth-order valence-electron chi connectivity index (χ4n) is 2.50. The molecule has 11 heavy (non-hydrogen) atoms. The second-order valence-electron chi connectivity index (χ2n) is 3.98. The second kappa shape index (κ2) is 3.11. The molecule has 0 amide bonds. The molecule has 0 aromatic rings. The molecule has 0 aromatic heterocycles. The van der Waals surface area contributed by atoms with Crippen LogP contribution in [0.1, 0.15) is 25.7 Å². The number of aliphatic hydroxyl groups is 1. The van der Waals surface area contributed by atoms with Gasteiger partial charge < -0.3 is 10.4 Å². The summed E-state index contributed by atoms with van der Waals surface area (Å²) in [6, 6.07) is 0. The van der Waals surface area contributed by atoms with E-state index in [0.29, 0.717) is 0 Å². The van der Waals surface area contributed by atoms with E-state index in [0.717, 1.165) is 31.2 Å². The van der Waals surface area contributed by atoms with Crippen LogP contribution in [0.15, 0.2) is 0 Å². The number of hydrogen-bond acceptors (Lipinski definition) is 2. The zero-order valence-corrected chi connectivity index (χ0v) is 6.92. The molecule has 2 heteroatoms. The fourth-order valence-corrected chi connectivity index (χ4v) is 2.50. The van der Waals surface area contributed by atoms with Crippen LogP contribution in [-0.4, -0.2) is 24.3 Å². The topological polar surface area (TPSA) is 32.3 Å². The highest BCUT2D eigenvalue weighted by Crippen LogP contribution is 2.33. The Morgan fingerprint density at radius 3 is 2.91 bits per heavy atom. The van der Waals surface area contributed by atoms with Crippen molar-refractivity contribution in [2.75, 3.05) is 13.1 Å². The first-order valence-corrected chi connectivity index (χ1v) is 4.75. The minimum atomic E-state index is 0.00866. The van der Waals surface area contributed by atoms with Crippen LogP contribution in [0.3, 0.4) is 0 Å². The normalized spacial score (nSPS) is 45.0. The Morgan fingerprint density at radius 1 is 1.09 bits per heavy atom. The third-order valence-electron chi connectivity index (χ3n) is 3.21. The molecule has 0 bridgehead atoms. The smallest absolute Gasteiger partial charge is 0.0543 e. The molecule has 2 fully saturated rings. The third-order valence-corrected chi connectivity index (χ3v) is 3.21. The Labute approximate surface area is 68.0 Å². The van der Waals surface area contributed by atoms with Gasteiger partial charge in [0, 0.05) is 0 Å². The molecule has 3 atom stereocenters. The van der Waals surface area contributed by atoms with Crippen LogP contribution >= 0.6 is 0 Å². The number of piperidine rings is 1. The van der Waals surface area contributed by atoms with Crippen LogP contribution < -0.4 is 5.32 Å². The van der Waals surface area contributed by atoms with Crippen LogP contribution in [0.2, 0.25) is 0 Å². The summed E-state index contributed by atoms with van der Waals surface area (Å²) in [5.41, 5.74) is 0. The first-order chi connectivity index (χ1) is 5.36. The molecule has 2 nitrogen and oxygen atoms in total. The summed E-state index contributed by atoms with van der Waals surface area (Å²) in [5.74, 6) is 1.69. The molecular formula is C9H17NO. The molecule has 0 spiro atoms. The van der Waals surface area contributed by atoms with Crippen molar-refractivity contribution in [3.8, 4) is 0 Å². The van der Waals surface area contributed by atoms with Crippen molar-refractivity contribution >= 4 is 0 Å². The van der Waals surface area contributed by atoms with Gasteiger partial charge in [-0.25, -0.2) is 0 Å². The quantitative estimate of drug-likeness (QED) is 0.541. The van der Waals surface area contributed by atoms with Crippen LogP contribution in [-0.2, 0) is 0 Å². The maximum atomic E-state index is 9.43. The van der Waals surface area contributed by atoms with Gasteiger partial charge in [-0.05, 0) is 50.6 Å². The van der Waals surface area contributed by atoms with Gasteiger partial charge in [0.15, 0.2) is 0 Å². The number of hydrogen-bond donors (Lipinski definition) is 2. The molecule has 1 heterocycles. The number of nitrogens with one attached hydrogen (secondary N) is 1. The van der Waals surface area contributed by atoms with E-state index in [2.05, 4.69) is 5.32 Å². The molecule has 0 aromatic carbocycles. The Morgan fingerprint density at radius 2 is 2.00 bits per heavy atom. The average Bonchev–Trinajstić information content (AvgIpc) is 2.04. The summed E-state index contributed by atoms with van der Waals surface area (Å²) in [7, 11) is 0. The van der Waals surface area contributed by atoms with Crippen molar-refractivity contribution in [1.82, 2.24) is 5.32 Å².